The highest BCUT2D eigenvalue weighted by Gasteiger charge is 2.16. The number of furan rings is 1. The molecule has 0 aliphatic heterocycles. The van der Waals surface area contributed by atoms with E-state index in [-0.39, 0.29) is 12.5 Å². The zero-order valence-electron chi connectivity index (χ0n) is 10.9. The summed E-state index contributed by atoms with van der Waals surface area (Å²) in [5, 5.41) is 12.7. The maximum atomic E-state index is 11.9. The highest BCUT2D eigenvalue weighted by atomic mass is 35.5. The Hall–Kier alpha value is -1.78. The van der Waals surface area contributed by atoms with Crippen LogP contribution >= 0.6 is 11.6 Å². The monoisotopic (exact) mass is 293 g/mol. The van der Waals surface area contributed by atoms with Crippen LogP contribution in [-0.2, 0) is 11.2 Å². The van der Waals surface area contributed by atoms with Gasteiger partial charge in [-0.2, -0.15) is 0 Å². The average molecular weight is 294 g/mol. The van der Waals surface area contributed by atoms with Crippen molar-refractivity contribution in [1.29, 1.82) is 0 Å². The molecule has 0 spiro atoms. The van der Waals surface area contributed by atoms with Crippen molar-refractivity contribution in [3.05, 3.63) is 59.0 Å². The van der Waals surface area contributed by atoms with Crippen molar-refractivity contribution in [1.82, 2.24) is 5.32 Å². The summed E-state index contributed by atoms with van der Waals surface area (Å²) in [6.07, 6.45) is 2.37. The molecule has 2 rings (SSSR count). The summed E-state index contributed by atoms with van der Waals surface area (Å²) >= 11 is 6.04. The third-order valence-electron chi connectivity index (χ3n) is 2.98. The van der Waals surface area contributed by atoms with Crippen molar-refractivity contribution in [2.24, 2.45) is 0 Å². The van der Waals surface area contributed by atoms with E-state index in [9.17, 15) is 9.90 Å². The van der Waals surface area contributed by atoms with Crippen LogP contribution < -0.4 is 5.32 Å². The second kappa shape index (κ2) is 7.12. The van der Waals surface area contributed by atoms with Gasteiger partial charge in [-0.3, -0.25) is 4.79 Å². The minimum absolute atomic E-state index is 0.152. The van der Waals surface area contributed by atoms with Gasteiger partial charge in [-0.25, -0.2) is 0 Å². The fourth-order valence-electron chi connectivity index (χ4n) is 1.91. The summed E-state index contributed by atoms with van der Waals surface area (Å²) in [4.78, 5) is 11.9. The molecule has 0 aliphatic rings. The maximum absolute atomic E-state index is 11.9. The predicted molar refractivity (Wildman–Crippen MR) is 76.5 cm³/mol. The van der Waals surface area contributed by atoms with Gasteiger partial charge in [0.25, 0.3) is 0 Å². The Morgan fingerprint density at radius 3 is 2.75 bits per heavy atom. The summed E-state index contributed by atoms with van der Waals surface area (Å²) in [6.45, 7) is -0.203. The van der Waals surface area contributed by atoms with Crippen molar-refractivity contribution >= 4 is 17.5 Å². The SMILES string of the molecule is O=C(CCc1ccccc1Cl)NC(CO)c1ccco1. The first-order valence-electron chi connectivity index (χ1n) is 6.37. The lowest BCUT2D eigenvalue weighted by Crippen LogP contribution is -2.30. The minimum Gasteiger partial charge on any atom is -0.467 e. The fraction of sp³-hybridized carbons (Fsp3) is 0.267. The van der Waals surface area contributed by atoms with E-state index < -0.39 is 6.04 Å². The van der Waals surface area contributed by atoms with Gasteiger partial charge in [-0.05, 0) is 30.2 Å². The van der Waals surface area contributed by atoms with E-state index >= 15 is 0 Å². The number of aliphatic hydroxyl groups is 1. The van der Waals surface area contributed by atoms with Gasteiger partial charge >= 0.3 is 0 Å². The Kier molecular flexibility index (Phi) is 5.21. The topological polar surface area (TPSA) is 62.5 Å². The van der Waals surface area contributed by atoms with Crippen LogP contribution in [0.2, 0.25) is 5.02 Å². The van der Waals surface area contributed by atoms with Crippen LogP contribution in [0.15, 0.2) is 47.1 Å². The number of nitrogens with one attached hydrogen (secondary N) is 1. The van der Waals surface area contributed by atoms with Gasteiger partial charge in [-0.15, -0.1) is 0 Å². The molecule has 106 valence electrons. The van der Waals surface area contributed by atoms with Crippen LogP contribution in [0.4, 0.5) is 0 Å². The van der Waals surface area contributed by atoms with Crippen molar-refractivity contribution in [3.8, 4) is 0 Å². The van der Waals surface area contributed by atoms with E-state index in [1.807, 2.05) is 18.2 Å². The van der Waals surface area contributed by atoms with E-state index in [1.54, 1.807) is 18.2 Å². The molecular formula is C15H16ClNO3. The van der Waals surface area contributed by atoms with Gasteiger partial charge in [-0.1, -0.05) is 29.8 Å². The summed E-state index contributed by atoms with van der Waals surface area (Å²) in [5.41, 5.74) is 0.933. The lowest BCUT2D eigenvalue weighted by molar-refractivity contribution is -0.122. The van der Waals surface area contributed by atoms with Gasteiger partial charge in [0, 0.05) is 11.4 Å². The Bertz CT molecular complexity index is 554. The zero-order chi connectivity index (χ0) is 14.4. The molecule has 20 heavy (non-hydrogen) atoms. The summed E-state index contributed by atoms with van der Waals surface area (Å²) < 4.78 is 5.17. The molecule has 1 heterocycles. The molecule has 0 bridgehead atoms. The number of aryl methyl sites for hydroxylation is 1. The largest absolute Gasteiger partial charge is 0.467 e. The Morgan fingerprint density at radius 1 is 1.30 bits per heavy atom. The van der Waals surface area contributed by atoms with Gasteiger partial charge < -0.3 is 14.8 Å². The van der Waals surface area contributed by atoms with Crippen LogP contribution in [0.3, 0.4) is 0 Å². The molecule has 1 amide bonds. The number of carbonyl (C=O) groups excluding carboxylic acids is 1. The lowest BCUT2D eigenvalue weighted by atomic mass is 10.1. The molecule has 1 unspecified atom stereocenters. The molecule has 1 aromatic heterocycles. The van der Waals surface area contributed by atoms with Crippen molar-refractivity contribution < 1.29 is 14.3 Å². The van der Waals surface area contributed by atoms with E-state index in [4.69, 9.17) is 16.0 Å². The molecule has 2 aromatic rings. The van der Waals surface area contributed by atoms with E-state index in [0.717, 1.165) is 5.56 Å². The molecule has 1 atom stereocenters. The van der Waals surface area contributed by atoms with Crippen LogP contribution in [-0.4, -0.2) is 17.6 Å². The summed E-state index contributed by atoms with van der Waals surface area (Å²) in [7, 11) is 0. The second-order valence-electron chi connectivity index (χ2n) is 4.41. The third-order valence-corrected chi connectivity index (χ3v) is 3.35. The quantitative estimate of drug-likeness (QED) is 0.861. The fourth-order valence-corrected chi connectivity index (χ4v) is 2.14. The Labute approximate surface area is 122 Å². The number of amides is 1. The lowest BCUT2D eigenvalue weighted by Gasteiger charge is -2.14. The molecular weight excluding hydrogens is 278 g/mol. The second-order valence-corrected chi connectivity index (χ2v) is 4.82. The predicted octanol–water partition coefficient (Wildman–Crippen LogP) is 2.72. The maximum Gasteiger partial charge on any atom is 0.220 e. The van der Waals surface area contributed by atoms with Gasteiger partial charge in [0.15, 0.2) is 0 Å². The van der Waals surface area contributed by atoms with Crippen LogP contribution in [0.5, 0.6) is 0 Å². The minimum atomic E-state index is -0.510. The van der Waals surface area contributed by atoms with E-state index in [0.29, 0.717) is 23.6 Å². The number of halogens is 1. The first kappa shape index (κ1) is 14.6. The van der Waals surface area contributed by atoms with Crippen molar-refractivity contribution in [3.63, 3.8) is 0 Å². The molecule has 5 heteroatoms. The van der Waals surface area contributed by atoms with Crippen LogP contribution in [0.25, 0.3) is 0 Å². The van der Waals surface area contributed by atoms with E-state index in [1.165, 1.54) is 6.26 Å². The number of rotatable bonds is 6. The first-order chi connectivity index (χ1) is 9.70. The standard InChI is InChI=1S/C15H16ClNO3/c16-12-5-2-1-4-11(12)7-8-15(19)17-13(10-18)14-6-3-9-20-14/h1-6,9,13,18H,7-8,10H2,(H,17,19). The molecule has 0 fully saturated rings. The molecule has 4 nitrogen and oxygen atoms in total. The molecule has 1 aromatic carbocycles. The normalized spacial score (nSPS) is 12.1. The smallest absolute Gasteiger partial charge is 0.220 e. The molecule has 0 aliphatic carbocycles. The molecule has 2 N–H and O–H groups in total. The Balaban J connectivity index is 1.88. The highest BCUT2D eigenvalue weighted by Crippen LogP contribution is 2.17. The third kappa shape index (κ3) is 3.85. The van der Waals surface area contributed by atoms with E-state index in [2.05, 4.69) is 5.32 Å². The molecule has 0 saturated heterocycles. The van der Waals surface area contributed by atoms with Gasteiger partial charge in [0.1, 0.15) is 11.8 Å². The van der Waals surface area contributed by atoms with Crippen molar-refractivity contribution in [2.75, 3.05) is 6.61 Å². The highest BCUT2D eigenvalue weighted by molar-refractivity contribution is 6.31. The first-order valence-corrected chi connectivity index (χ1v) is 6.75. The number of hydrogen-bond donors (Lipinski definition) is 2. The Morgan fingerprint density at radius 2 is 2.10 bits per heavy atom. The number of carbonyl (C=O) groups is 1. The molecule has 0 radical (unpaired) electrons. The number of hydrogen-bond acceptors (Lipinski definition) is 3. The van der Waals surface area contributed by atoms with Crippen LogP contribution in [0.1, 0.15) is 23.8 Å². The summed E-state index contributed by atoms with van der Waals surface area (Å²) in [5.74, 6) is 0.388. The average Bonchev–Trinajstić information content (AvgIpc) is 2.98. The van der Waals surface area contributed by atoms with Gasteiger partial charge in [0.2, 0.25) is 5.91 Å². The number of aliphatic hydroxyl groups excluding tert-OH is 1. The summed E-state index contributed by atoms with van der Waals surface area (Å²) in [6, 6.07) is 10.4. The zero-order valence-corrected chi connectivity index (χ0v) is 11.6. The molecule has 0 saturated carbocycles. The van der Waals surface area contributed by atoms with Crippen molar-refractivity contribution in [2.45, 2.75) is 18.9 Å². The van der Waals surface area contributed by atoms with Crippen LogP contribution in [0, 0.1) is 0 Å². The number of benzene rings is 1. The van der Waals surface area contributed by atoms with Gasteiger partial charge in [0.05, 0.1) is 12.9 Å².